The van der Waals surface area contributed by atoms with E-state index >= 15 is 0 Å². The Hall–Kier alpha value is -4.79. The summed E-state index contributed by atoms with van der Waals surface area (Å²) >= 11 is 0. The lowest BCUT2D eigenvalue weighted by Crippen LogP contribution is -2.89. The van der Waals surface area contributed by atoms with Crippen LogP contribution in [-0.4, -0.2) is 147 Å². The van der Waals surface area contributed by atoms with Crippen molar-refractivity contribution in [1.82, 2.24) is 0 Å². The van der Waals surface area contributed by atoms with Gasteiger partial charge in [-0.15, -0.1) is 0 Å². The Morgan fingerprint density at radius 1 is 0.341 bits per heavy atom. The minimum Gasteiger partial charge on any atom is -0.391 e. The topological polar surface area (TPSA) is 173 Å². The molecule has 91 heavy (non-hydrogen) atoms. The molecule has 0 N–H and O–H groups in total. The molecule has 14 rings (SSSR count). The largest absolute Gasteiger partial charge is 0.520 e. The molecule has 472 valence electrons. The fourth-order valence-corrected chi connectivity index (χ4v) is 64.8. The summed E-state index contributed by atoms with van der Waals surface area (Å²) in [4.78, 5) is 0. The van der Waals surface area contributed by atoms with E-state index in [2.05, 4.69) is 0 Å². The molecular weight excluding hydrogens is 1330 g/mol. The third kappa shape index (κ3) is 13.6. The second-order valence-corrected chi connectivity index (χ2v) is 53.3. The molecule has 12 atom stereocenters. The third-order valence-electron chi connectivity index (χ3n) is 16.3. The molecule has 0 amide bonds. The second kappa shape index (κ2) is 26.8. The van der Waals surface area contributed by atoms with Crippen LogP contribution in [0, 0.1) is 0 Å². The minimum absolute atomic E-state index is 0.0485. The average Bonchev–Trinajstić information content (AvgIpc) is 1.44. The van der Waals surface area contributed by atoms with Crippen molar-refractivity contribution in [2.45, 2.75) is 50.2 Å². The van der Waals surface area contributed by atoms with Crippen molar-refractivity contribution >= 4 is 130 Å². The van der Waals surface area contributed by atoms with Crippen LogP contribution in [-0.2, 0) is 76.9 Å². The minimum atomic E-state index is -5.27. The van der Waals surface area contributed by atoms with Crippen molar-refractivity contribution in [2.24, 2.45) is 0 Å². The van der Waals surface area contributed by atoms with Crippen molar-refractivity contribution in [1.29, 1.82) is 0 Å². The summed E-state index contributed by atoms with van der Waals surface area (Å²) in [7, 11) is -45.7. The van der Waals surface area contributed by atoms with Gasteiger partial charge in [0.25, 0.3) is 0 Å². The number of hydrogen-bond donors (Lipinski definition) is 0. The molecule has 6 saturated heterocycles. The van der Waals surface area contributed by atoms with E-state index in [0.29, 0.717) is 101 Å². The number of ether oxygens (including phenoxy) is 4. The Labute approximate surface area is 542 Å². The predicted octanol–water partition coefficient (Wildman–Crippen LogP) is 4.71. The summed E-state index contributed by atoms with van der Waals surface area (Å²) in [6, 6.07) is 78.9. The van der Waals surface area contributed by atoms with Gasteiger partial charge in [0.1, 0.15) is 12.2 Å². The van der Waals surface area contributed by atoms with Gasteiger partial charge in [0.2, 0.25) is 0 Å². The highest BCUT2D eigenvalue weighted by molar-refractivity contribution is 7.10. The van der Waals surface area contributed by atoms with Crippen LogP contribution >= 0.6 is 0 Å². The van der Waals surface area contributed by atoms with Crippen LogP contribution in [0.4, 0.5) is 0 Å². The van der Waals surface area contributed by atoms with Gasteiger partial charge < -0.3 is 76.9 Å². The van der Waals surface area contributed by atoms with E-state index in [4.69, 9.17) is 76.9 Å². The van der Waals surface area contributed by atoms with Gasteiger partial charge in [-0.25, -0.2) is 0 Å². The highest BCUT2D eigenvalue weighted by Crippen LogP contribution is 2.45. The van der Waals surface area contributed by atoms with Crippen molar-refractivity contribution in [3.63, 3.8) is 0 Å². The summed E-state index contributed by atoms with van der Waals surface area (Å²) < 4.78 is 141. The first-order valence-electron chi connectivity index (χ1n) is 30.9. The summed E-state index contributed by atoms with van der Waals surface area (Å²) in [6.07, 6.45) is 1.06. The fraction of sp³-hybridized carbons (Fsp3) is 0.238. The monoisotopic (exact) mass is 1400 g/mol. The van der Waals surface area contributed by atoms with E-state index in [1.807, 2.05) is 256 Å². The number of epoxide rings is 2. The van der Waals surface area contributed by atoms with Crippen LogP contribution in [0.15, 0.2) is 243 Å². The van der Waals surface area contributed by atoms with Gasteiger partial charge in [0.05, 0.1) is 26.4 Å². The maximum atomic E-state index is 8.66. The fourth-order valence-electron chi connectivity index (χ4n) is 11.7. The van der Waals surface area contributed by atoms with E-state index in [9.17, 15) is 0 Å². The maximum absolute atomic E-state index is 8.66. The zero-order valence-corrected chi connectivity index (χ0v) is 60.9. The quantitative estimate of drug-likeness (QED) is 0.0550. The number of hydrogen-bond acceptors (Lipinski definition) is 18. The molecular formula is C63H72O18Si10. The highest BCUT2D eigenvalue weighted by Gasteiger charge is 2.79. The van der Waals surface area contributed by atoms with E-state index in [1.54, 1.807) is 7.11 Å². The predicted molar refractivity (Wildman–Crippen MR) is 360 cm³/mol. The molecule has 28 heteroatoms. The summed E-state index contributed by atoms with van der Waals surface area (Å²) in [5.74, 6) is 0. The highest BCUT2D eigenvalue weighted by atomic mass is 28.6. The van der Waals surface area contributed by atoms with Gasteiger partial charge in [0, 0.05) is 56.6 Å². The van der Waals surface area contributed by atoms with Crippen LogP contribution in [0.2, 0.25) is 25.2 Å². The molecule has 0 aliphatic carbocycles. The van der Waals surface area contributed by atoms with Crippen LogP contribution in [0.3, 0.4) is 0 Å². The molecule has 6 aliphatic rings. The average molecular weight is 1400 g/mol. The lowest BCUT2D eigenvalue weighted by atomic mass is 10.4. The second-order valence-electron chi connectivity index (χ2n) is 23.3. The molecule has 6 fully saturated rings. The molecule has 0 radical (unpaired) electrons. The maximum Gasteiger partial charge on any atom is 0.520 e. The van der Waals surface area contributed by atoms with Gasteiger partial charge >= 0.3 is 88.0 Å². The van der Waals surface area contributed by atoms with E-state index < -0.39 is 88.0 Å². The summed E-state index contributed by atoms with van der Waals surface area (Å²) in [5, 5.41) is 4.55. The zero-order valence-electron chi connectivity index (χ0n) is 50.7. The van der Waals surface area contributed by atoms with Gasteiger partial charge in [-0.05, 0) is 43.2 Å². The molecule has 8 aromatic rings. The molecule has 0 saturated carbocycles. The summed E-state index contributed by atoms with van der Waals surface area (Å²) in [6.45, 7) is 7.00. The first-order chi connectivity index (χ1) is 44.4. The Morgan fingerprint density at radius 3 is 0.967 bits per heavy atom. The van der Waals surface area contributed by atoms with Crippen LogP contribution in [0.1, 0.15) is 12.8 Å². The van der Waals surface area contributed by atoms with Crippen LogP contribution < -0.4 is 41.5 Å². The van der Waals surface area contributed by atoms with Gasteiger partial charge in [-0.3, -0.25) is 0 Å². The molecule has 6 heterocycles. The van der Waals surface area contributed by atoms with E-state index in [0.717, 1.165) is 5.19 Å². The van der Waals surface area contributed by atoms with E-state index in [-0.39, 0.29) is 12.2 Å². The Balaban J connectivity index is 1.17. The molecule has 8 aromatic carbocycles. The third-order valence-corrected chi connectivity index (χ3v) is 58.0. The smallest absolute Gasteiger partial charge is 0.391 e. The number of rotatable bonds is 21. The standard InChI is InChI=1S/C63H72O18Si10/c1-64-85(57-32-14-5-15-33-57)71-83(2,48-28-46-65-50-54-52-67-54)73-88(60-38-20-8-21-39-60)77-87(59-36-18-7-19-37-59)70-82(56-30-12-4-13-31-56)69-86(58-34-16-6-17-35-58)72-84(3,49-29-47-66-51-55-53-68-55)74-89(78-87,61-40-22-9-23-41-61)80-91(79-88,63-44-26-11-27-45-63)81-90(75-85,76-86)62-42-24-10-25-43-62/h4-27,30-45,54-55,82H,28-29,46-53H2,1-3H3. The first kappa shape index (κ1) is 63.6. The van der Waals surface area contributed by atoms with Crippen LogP contribution in [0.25, 0.3) is 0 Å². The molecule has 12 unspecified atom stereocenters. The molecule has 6 bridgehead atoms. The molecule has 6 aliphatic heterocycles. The Bertz CT molecular complexity index is 3680. The van der Waals surface area contributed by atoms with Gasteiger partial charge in [-0.2, -0.15) is 0 Å². The van der Waals surface area contributed by atoms with Crippen LogP contribution in [0.5, 0.6) is 0 Å². The molecule has 0 aromatic heterocycles. The lowest BCUT2D eigenvalue weighted by Gasteiger charge is -2.58. The van der Waals surface area contributed by atoms with Gasteiger partial charge in [0.15, 0.2) is 0 Å². The normalized spacial score (nSPS) is 33.7. The van der Waals surface area contributed by atoms with E-state index in [1.165, 1.54) is 0 Å². The Morgan fingerprint density at radius 2 is 0.615 bits per heavy atom. The zero-order chi connectivity index (χ0) is 61.9. The summed E-state index contributed by atoms with van der Waals surface area (Å²) in [5.41, 5.74) is 0. The van der Waals surface area contributed by atoms with Crippen molar-refractivity contribution in [2.75, 3.05) is 46.8 Å². The molecule has 0 spiro atoms. The first-order valence-corrected chi connectivity index (χ1v) is 49.5. The lowest BCUT2D eigenvalue weighted by molar-refractivity contribution is 0.0501. The molecule has 18 nitrogen and oxygen atoms in total. The van der Waals surface area contributed by atoms with Crippen molar-refractivity contribution in [3.8, 4) is 0 Å². The Kier molecular flexibility index (Phi) is 18.7. The van der Waals surface area contributed by atoms with Gasteiger partial charge in [-0.1, -0.05) is 243 Å². The number of fused-ring (bicyclic) bond motifs is 6. The number of benzene rings is 8. The van der Waals surface area contributed by atoms with Crippen molar-refractivity contribution in [3.05, 3.63) is 243 Å². The SMILES string of the molecule is CO[Si]1(c2ccccc2)O[Si](C)(CCCOCC2CO2)O[Si]2(c3ccccc3)O[Si]3(c4ccccc4)O[SiH](c4ccccc4)O[Si]4(c5ccccc5)O[Si](C)(CCCOCC5CO5)O[Si](c5ccccc5)(O3)O[Si](c3ccccc3)(O2)O[Si](c2ccccc2)(O1)O4. The van der Waals surface area contributed by atoms with Crippen molar-refractivity contribution < 1.29 is 76.9 Å².